The third-order valence-corrected chi connectivity index (χ3v) is 1.90. The van der Waals surface area contributed by atoms with E-state index < -0.39 is 11.6 Å². The molecule has 90 valence electrons. The van der Waals surface area contributed by atoms with E-state index in [-0.39, 0.29) is 11.3 Å². The Morgan fingerprint density at radius 1 is 1.47 bits per heavy atom. The van der Waals surface area contributed by atoms with Gasteiger partial charge in [-0.05, 0) is 32.9 Å². The minimum Gasteiger partial charge on any atom is -0.456 e. The standard InChI is InChI=1S/C13H15NO3/c1-9(12(16)17-13(2,3)4)11-10(8-15)6-5-7-14-11/h5-8H,1H2,2-4H3. The van der Waals surface area contributed by atoms with Gasteiger partial charge in [-0.2, -0.15) is 0 Å². The van der Waals surface area contributed by atoms with E-state index in [9.17, 15) is 9.59 Å². The zero-order valence-corrected chi connectivity index (χ0v) is 10.2. The van der Waals surface area contributed by atoms with Crippen LogP contribution in [-0.4, -0.2) is 22.8 Å². The van der Waals surface area contributed by atoms with Crippen molar-refractivity contribution in [3.05, 3.63) is 36.2 Å². The Balaban J connectivity index is 2.97. The van der Waals surface area contributed by atoms with Crippen molar-refractivity contribution in [1.29, 1.82) is 0 Å². The molecule has 1 heterocycles. The molecule has 0 saturated heterocycles. The first-order chi connectivity index (χ1) is 7.85. The molecule has 1 aromatic heterocycles. The van der Waals surface area contributed by atoms with Gasteiger partial charge in [0.1, 0.15) is 5.60 Å². The van der Waals surface area contributed by atoms with Crippen LogP contribution < -0.4 is 0 Å². The van der Waals surface area contributed by atoms with Crippen molar-refractivity contribution < 1.29 is 14.3 Å². The number of hydrogen-bond acceptors (Lipinski definition) is 4. The van der Waals surface area contributed by atoms with Crippen molar-refractivity contribution in [2.24, 2.45) is 0 Å². The molecule has 0 aliphatic heterocycles. The monoisotopic (exact) mass is 233 g/mol. The number of rotatable bonds is 3. The average molecular weight is 233 g/mol. The molecule has 0 spiro atoms. The number of aldehydes is 1. The molecule has 1 aromatic rings. The number of hydrogen-bond donors (Lipinski definition) is 0. The topological polar surface area (TPSA) is 56.3 Å². The van der Waals surface area contributed by atoms with Crippen LogP contribution in [0.1, 0.15) is 36.8 Å². The first-order valence-electron chi connectivity index (χ1n) is 5.18. The van der Waals surface area contributed by atoms with Crippen LogP contribution in [0.25, 0.3) is 5.57 Å². The van der Waals surface area contributed by atoms with E-state index in [4.69, 9.17) is 4.74 Å². The van der Waals surface area contributed by atoms with E-state index in [1.165, 1.54) is 6.20 Å². The van der Waals surface area contributed by atoms with Gasteiger partial charge in [0.15, 0.2) is 6.29 Å². The summed E-state index contributed by atoms with van der Waals surface area (Å²) in [7, 11) is 0. The molecule has 0 fully saturated rings. The maximum Gasteiger partial charge on any atom is 0.340 e. The van der Waals surface area contributed by atoms with E-state index in [0.29, 0.717) is 11.8 Å². The van der Waals surface area contributed by atoms with Crippen LogP contribution in [0.4, 0.5) is 0 Å². The van der Waals surface area contributed by atoms with Crippen molar-refractivity contribution in [2.45, 2.75) is 26.4 Å². The Bertz CT molecular complexity index is 458. The molecule has 0 aromatic carbocycles. The Labute approximate surface area is 100 Å². The number of nitrogens with zero attached hydrogens (tertiary/aromatic N) is 1. The molecule has 0 bridgehead atoms. The van der Waals surface area contributed by atoms with E-state index in [0.717, 1.165) is 0 Å². The summed E-state index contributed by atoms with van der Waals surface area (Å²) in [6, 6.07) is 3.19. The lowest BCUT2D eigenvalue weighted by atomic mass is 10.1. The van der Waals surface area contributed by atoms with Crippen molar-refractivity contribution in [3.8, 4) is 0 Å². The third kappa shape index (κ3) is 3.52. The van der Waals surface area contributed by atoms with Gasteiger partial charge in [-0.1, -0.05) is 6.58 Å². The molecule has 4 nitrogen and oxygen atoms in total. The molecular weight excluding hydrogens is 218 g/mol. The number of carbonyl (C=O) groups excluding carboxylic acids is 2. The van der Waals surface area contributed by atoms with E-state index in [1.807, 2.05) is 0 Å². The van der Waals surface area contributed by atoms with Gasteiger partial charge in [-0.3, -0.25) is 9.78 Å². The van der Waals surface area contributed by atoms with Gasteiger partial charge in [0, 0.05) is 11.8 Å². The molecule has 0 aliphatic rings. The number of pyridine rings is 1. The number of esters is 1. The minimum absolute atomic E-state index is 0.0858. The van der Waals surface area contributed by atoms with Crippen LogP contribution in [0.3, 0.4) is 0 Å². The predicted octanol–water partition coefficient (Wildman–Crippen LogP) is 2.25. The molecule has 4 heteroatoms. The summed E-state index contributed by atoms with van der Waals surface area (Å²) in [5, 5.41) is 0. The summed E-state index contributed by atoms with van der Waals surface area (Å²) in [6.07, 6.45) is 2.13. The normalized spacial score (nSPS) is 10.8. The number of aromatic nitrogens is 1. The molecule has 0 N–H and O–H groups in total. The van der Waals surface area contributed by atoms with Crippen LogP contribution in [0.15, 0.2) is 24.9 Å². The summed E-state index contributed by atoms with van der Waals surface area (Å²) in [5.41, 5.74) is 0.0682. The maximum atomic E-state index is 11.7. The fraction of sp³-hybridized carbons (Fsp3) is 0.308. The first kappa shape index (κ1) is 13.1. The summed E-state index contributed by atoms with van der Waals surface area (Å²) >= 11 is 0. The predicted molar refractivity (Wildman–Crippen MR) is 64.5 cm³/mol. The van der Waals surface area contributed by atoms with E-state index in [2.05, 4.69) is 11.6 Å². The minimum atomic E-state index is -0.601. The van der Waals surface area contributed by atoms with E-state index >= 15 is 0 Å². The van der Waals surface area contributed by atoms with Gasteiger partial charge in [-0.15, -0.1) is 0 Å². The summed E-state index contributed by atoms with van der Waals surface area (Å²) in [6.45, 7) is 8.91. The molecule has 0 amide bonds. The lowest BCUT2D eigenvalue weighted by molar-refractivity contribution is -0.147. The van der Waals surface area contributed by atoms with Crippen LogP contribution >= 0.6 is 0 Å². The fourth-order valence-corrected chi connectivity index (χ4v) is 1.20. The molecule has 0 unspecified atom stereocenters. The van der Waals surface area contributed by atoms with Gasteiger partial charge >= 0.3 is 5.97 Å². The molecule has 0 atom stereocenters. The Hall–Kier alpha value is -1.97. The number of carbonyl (C=O) groups is 2. The van der Waals surface area contributed by atoms with Crippen LogP contribution in [0.2, 0.25) is 0 Å². The second kappa shape index (κ2) is 4.91. The highest BCUT2D eigenvalue weighted by molar-refractivity contribution is 6.16. The van der Waals surface area contributed by atoms with Gasteiger partial charge in [0.2, 0.25) is 0 Å². The van der Waals surface area contributed by atoms with Crippen molar-refractivity contribution in [3.63, 3.8) is 0 Å². The Morgan fingerprint density at radius 2 is 2.12 bits per heavy atom. The first-order valence-corrected chi connectivity index (χ1v) is 5.18. The second-order valence-corrected chi connectivity index (χ2v) is 4.54. The summed E-state index contributed by atoms with van der Waals surface area (Å²) in [5.74, 6) is -0.570. The molecule has 1 rings (SSSR count). The third-order valence-electron chi connectivity index (χ3n) is 1.90. The zero-order valence-electron chi connectivity index (χ0n) is 10.2. The SMILES string of the molecule is C=C(C(=O)OC(C)(C)C)c1ncccc1C=O. The molecule has 0 saturated carbocycles. The molecule has 17 heavy (non-hydrogen) atoms. The van der Waals surface area contributed by atoms with Gasteiger partial charge in [0.05, 0.1) is 11.3 Å². The van der Waals surface area contributed by atoms with Crippen molar-refractivity contribution in [2.75, 3.05) is 0 Å². The highest BCUT2D eigenvalue weighted by Gasteiger charge is 2.21. The van der Waals surface area contributed by atoms with E-state index in [1.54, 1.807) is 32.9 Å². The van der Waals surface area contributed by atoms with Crippen LogP contribution in [0, 0.1) is 0 Å². The average Bonchev–Trinajstić information content (AvgIpc) is 2.25. The maximum absolute atomic E-state index is 11.7. The van der Waals surface area contributed by atoms with Crippen molar-refractivity contribution >= 4 is 17.8 Å². The van der Waals surface area contributed by atoms with Crippen LogP contribution in [0.5, 0.6) is 0 Å². The van der Waals surface area contributed by atoms with Crippen molar-refractivity contribution in [1.82, 2.24) is 4.98 Å². The summed E-state index contributed by atoms with van der Waals surface area (Å²) in [4.78, 5) is 26.5. The molecule has 0 radical (unpaired) electrons. The van der Waals surface area contributed by atoms with Gasteiger partial charge in [-0.25, -0.2) is 4.79 Å². The van der Waals surface area contributed by atoms with Gasteiger partial charge < -0.3 is 4.74 Å². The highest BCUT2D eigenvalue weighted by Crippen LogP contribution is 2.18. The highest BCUT2D eigenvalue weighted by atomic mass is 16.6. The lowest BCUT2D eigenvalue weighted by Gasteiger charge is -2.20. The Kier molecular flexibility index (Phi) is 3.78. The van der Waals surface area contributed by atoms with Crippen LogP contribution in [-0.2, 0) is 9.53 Å². The largest absolute Gasteiger partial charge is 0.456 e. The smallest absolute Gasteiger partial charge is 0.340 e. The Morgan fingerprint density at radius 3 is 2.65 bits per heavy atom. The zero-order chi connectivity index (χ0) is 13.1. The fourth-order valence-electron chi connectivity index (χ4n) is 1.20. The second-order valence-electron chi connectivity index (χ2n) is 4.54. The lowest BCUT2D eigenvalue weighted by Crippen LogP contribution is -2.24. The summed E-state index contributed by atoms with van der Waals surface area (Å²) < 4.78 is 5.16. The molecular formula is C13H15NO3. The quantitative estimate of drug-likeness (QED) is 0.456. The number of ether oxygens (including phenoxy) is 1. The van der Waals surface area contributed by atoms with Gasteiger partial charge in [0.25, 0.3) is 0 Å². The molecule has 0 aliphatic carbocycles.